The van der Waals surface area contributed by atoms with E-state index in [-0.39, 0.29) is 5.78 Å². The van der Waals surface area contributed by atoms with Gasteiger partial charge in [-0.05, 0) is 32.1 Å². The summed E-state index contributed by atoms with van der Waals surface area (Å²) in [7, 11) is 3.41. The van der Waals surface area contributed by atoms with Crippen molar-refractivity contribution in [3.05, 3.63) is 24.0 Å². The zero-order chi connectivity index (χ0) is 11.1. The third-order valence-electron chi connectivity index (χ3n) is 2.09. The number of nitrogens with one attached hydrogen (secondary N) is 1. The van der Waals surface area contributed by atoms with E-state index in [0.717, 1.165) is 13.0 Å². The van der Waals surface area contributed by atoms with Gasteiger partial charge in [-0.15, -0.1) is 0 Å². The molecule has 0 spiro atoms. The first-order chi connectivity index (χ1) is 7.29. The van der Waals surface area contributed by atoms with Crippen LogP contribution >= 0.6 is 0 Å². The highest BCUT2D eigenvalue weighted by Gasteiger charge is 2.12. The van der Waals surface area contributed by atoms with E-state index in [1.165, 1.54) is 0 Å². The average Bonchev–Trinajstić information content (AvgIpc) is 2.29. The molecule has 1 aromatic rings. The van der Waals surface area contributed by atoms with Crippen LogP contribution in [-0.2, 0) is 0 Å². The first-order valence-corrected chi connectivity index (χ1v) is 4.96. The van der Waals surface area contributed by atoms with Crippen molar-refractivity contribution < 1.29 is 9.53 Å². The molecule has 0 saturated carbocycles. The number of carbonyl (C=O) groups is 1. The Morgan fingerprint density at radius 3 is 3.07 bits per heavy atom. The molecule has 0 aliphatic rings. The van der Waals surface area contributed by atoms with Crippen molar-refractivity contribution in [1.82, 2.24) is 10.3 Å². The largest absolute Gasteiger partial charge is 0.494 e. The third-order valence-corrected chi connectivity index (χ3v) is 2.09. The van der Waals surface area contributed by atoms with Crippen molar-refractivity contribution in [3.63, 3.8) is 0 Å². The number of hydrogen-bond acceptors (Lipinski definition) is 4. The molecule has 0 aliphatic carbocycles. The highest BCUT2D eigenvalue weighted by atomic mass is 16.5. The summed E-state index contributed by atoms with van der Waals surface area (Å²) >= 11 is 0. The number of carbonyl (C=O) groups excluding carboxylic acids is 1. The minimum absolute atomic E-state index is 0.0303. The minimum atomic E-state index is 0.0303. The van der Waals surface area contributed by atoms with E-state index in [4.69, 9.17) is 4.74 Å². The van der Waals surface area contributed by atoms with E-state index >= 15 is 0 Å². The van der Waals surface area contributed by atoms with E-state index in [1.807, 2.05) is 7.05 Å². The Hall–Kier alpha value is -1.42. The quantitative estimate of drug-likeness (QED) is 0.565. The first kappa shape index (κ1) is 11.7. The minimum Gasteiger partial charge on any atom is -0.494 e. The van der Waals surface area contributed by atoms with E-state index in [2.05, 4.69) is 10.3 Å². The zero-order valence-electron chi connectivity index (χ0n) is 9.12. The van der Waals surface area contributed by atoms with Gasteiger partial charge in [-0.1, -0.05) is 0 Å². The number of hydrogen-bond donors (Lipinski definition) is 1. The summed E-state index contributed by atoms with van der Waals surface area (Å²) in [5, 5.41) is 3.00. The molecule has 0 bridgehead atoms. The van der Waals surface area contributed by atoms with Gasteiger partial charge in [0.1, 0.15) is 11.4 Å². The monoisotopic (exact) mass is 208 g/mol. The molecule has 4 heteroatoms. The Labute approximate surface area is 89.7 Å². The Bertz CT molecular complexity index is 326. The molecule has 1 N–H and O–H groups in total. The van der Waals surface area contributed by atoms with Crippen LogP contribution in [0.2, 0.25) is 0 Å². The van der Waals surface area contributed by atoms with Crippen molar-refractivity contribution >= 4 is 5.78 Å². The summed E-state index contributed by atoms with van der Waals surface area (Å²) in [6, 6.07) is 3.50. The molecule has 0 amide bonds. The summed E-state index contributed by atoms with van der Waals surface area (Å²) in [5.41, 5.74) is 0.427. The molecule has 0 atom stereocenters. The zero-order valence-corrected chi connectivity index (χ0v) is 9.12. The number of aromatic nitrogens is 1. The van der Waals surface area contributed by atoms with Crippen molar-refractivity contribution in [2.75, 3.05) is 20.7 Å². The molecule has 0 radical (unpaired) electrons. The Morgan fingerprint density at radius 2 is 2.40 bits per heavy atom. The summed E-state index contributed by atoms with van der Waals surface area (Å²) < 4.78 is 5.07. The molecular weight excluding hydrogens is 192 g/mol. The maximum absolute atomic E-state index is 11.7. The predicted octanol–water partition coefficient (Wildman–Crippen LogP) is 1.27. The van der Waals surface area contributed by atoms with Gasteiger partial charge in [0.2, 0.25) is 0 Å². The van der Waals surface area contributed by atoms with Crippen LogP contribution in [0.1, 0.15) is 23.3 Å². The number of ketones is 1. The van der Waals surface area contributed by atoms with Gasteiger partial charge in [0.25, 0.3) is 0 Å². The lowest BCUT2D eigenvalue weighted by atomic mass is 10.1. The Balaban J connectivity index is 2.64. The van der Waals surface area contributed by atoms with Crippen LogP contribution in [0.5, 0.6) is 5.75 Å². The normalized spacial score (nSPS) is 10.0. The Morgan fingerprint density at radius 1 is 1.60 bits per heavy atom. The number of Topliss-reactive ketones (excluding diaryl/α,β-unsaturated/α-hetero) is 1. The van der Waals surface area contributed by atoms with Crippen molar-refractivity contribution in [1.29, 1.82) is 0 Å². The number of nitrogens with zero attached hydrogens (tertiary/aromatic N) is 1. The number of methoxy groups -OCH3 is 1. The molecule has 1 heterocycles. The van der Waals surface area contributed by atoms with Crippen LogP contribution in [-0.4, -0.2) is 31.5 Å². The summed E-state index contributed by atoms with van der Waals surface area (Å²) in [5.74, 6) is 0.578. The second-order valence-corrected chi connectivity index (χ2v) is 3.18. The summed E-state index contributed by atoms with van der Waals surface area (Å²) in [4.78, 5) is 15.8. The molecule has 15 heavy (non-hydrogen) atoms. The van der Waals surface area contributed by atoms with Gasteiger partial charge >= 0.3 is 0 Å². The summed E-state index contributed by atoms with van der Waals surface area (Å²) in [6.45, 7) is 0.834. The van der Waals surface area contributed by atoms with Crippen molar-refractivity contribution in [2.24, 2.45) is 0 Å². The number of rotatable bonds is 6. The lowest BCUT2D eigenvalue weighted by Crippen LogP contribution is -2.11. The maximum Gasteiger partial charge on any atom is 0.185 e. The second kappa shape index (κ2) is 6.14. The fourth-order valence-corrected chi connectivity index (χ4v) is 1.31. The third kappa shape index (κ3) is 3.32. The van der Waals surface area contributed by atoms with E-state index in [1.54, 1.807) is 25.4 Å². The average molecular weight is 208 g/mol. The van der Waals surface area contributed by atoms with E-state index in [0.29, 0.717) is 17.9 Å². The molecule has 0 unspecified atom stereocenters. The highest BCUT2D eigenvalue weighted by Crippen LogP contribution is 2.16. The molecule has 4 nitrogen and oxygen atoms in total. The molecule has 1 rings (SSSR count). The van der Waals surface area contributed by atoms with Gasteiger partial charge < -0.3 is 10.1 Å². The van der Waals surface area contributed by atoms with Gasteiger partial charge in [-0.3, -0.25) is 4.79 Å². The lowest BCUT2D eigenvalue weighted by molar-refractivity contribution is 0.0972. The smallest absolute Gasteiger partial charge is 0.185 e. The molecule has 0 fully saturated rings. The fraction of sp³-hybridized carbons (Fsp3) is 0.455. The lowest BCUT2D eigenvalue weighted by Gasteiger charge is -2.05. The molecule has 0 aromatic carbocycles. The Kier molecular flexibility index (Phi) is 4.77. The summed E-state index contributed by atoms with van der Waals surface area (Å²) in [6.07, 6.45) is 2.91. The van der Waals surface area contributed by atoms with Crippen LogP contribution in [0, 0.1) is 0 Å². The van der Waals surface area contributed by atoms with Gasteiger partial charge in [0, 0.05) is 12.6 Å². The SMILES string of the molecule is CNCCCC(=O)c1ncccc1OC. The van der Waals surface area contributed by atoms with Crippen LogP contribution in [0.4, 0.5) is 0 Å². The van der Waals surface area contributed by atoms with Crippen LogP contribution in [0.25, 0.3) is 0 Å². The van der Waals surface area contributed by atoms with Crippen LogP contribution in [0.15, 0.2) is 18.3 Å². The predicted molar refractivity (Wildman–Crippen MR) is 58.3 cm³/mol. The molecular formula is C11H16N2O2. The number of ether oxygens (including phenoxy) is 1. The van der Waals surface area contributed by atoms with E-state index in [9.17, 15) is 4.79 Å². The van der Waals surface area contributed by atoms with Crippen LogP contribution < -0.4 is 10.1 Å². The van der Waals surface area contributed by atoms with Gasteiger partial charge in [-0.25, -0.2) is 4.98 Å². The topological polar surface area (TPSA) is 51.2 Å². The number of pyridine rings is 1. The molecule has 82 valence electrons. The fourth-order valence-electron chi connectivity index (χ4n) is 1.31. The van der Waals surface area contributed by atoms with E-state index < -0.39 is 0 Å². The highest BCUT2D eigenvalue weighted by molar-refractivity contribution is 5.96. The molecule has 1 aromatic heterocycles. The molecule has 0 aliphatic heterocycles. The second-order valence-electron chi connectivity index (χ2n) is 3.18. The molecule has 0 saturated heterocycles. The van der Waals surface area contributed by atoms with Crippen molar-refractivity contribution in [2.45, 2.75) is 12.8 Å². The van der Waals surface area contributed by atoms with Gasteiger partial charge in [0.05, 0.1) is 7.11 Å². The van der Waals surface area contributed by atoms with Crippen molar-refractivity contribution in [3.8, 4) is 5.75 Å². The van der Waals surface area contributed by atoms with Gasteiger partial charge in [0.15, 0.2) is 5.78 Å². The standard InChI is InChI=1S/C11H16N2O2/c1-12-7-3-5-9(14)11-10(15-2)6-4-8-13-11/h4,6,8,12H,3,5,7H2,1-2H3. The first-order valence-electron chi connectivity index (χ1n) is 4.96. The van der Waals surface area contributed by atoms with Gasteiger partial charge in [-0.2, -0.15) is 0 Å². The van der Waals surface area contributed by atoms with Crippen LogP contribution in [0.3, 0.4) is 0 Å². The maximum atomic E-state index is 11.7.